The smallest absolute Gasteiger partial charge is 0.169 e. The van der Waals surface area contributed by atoms with E-state index in [-0.39, 0.29) is 28.9 Å². The zero-order chi connectivity index (χ0) is 16.5. The number of ether oxygens (including phenoxy) is 2. The van der Waals surface area contributed by atoms with Crippen molar-refractivity contribution in [1.82, 2.24) is 0 Å². The molecule has 1 saturated heterocycles. The van der Waals surface area contributed by atoms with Crippen LogP contribution in [0.3, 0.4) is 0 Å². The second-order valence-corrected chi connectivity index (χ2v) is 8.06. The van der Waals surface area contributed by atoms with E-state index < -0.39 is 0 Å². The maximum absolute atomic E-state index is 6.45. The highest BCUT2D eigenvalue weighted by molar-refractivity contribution is 4.79. The summed E-state index contributed by atoms with van der Waals surface area (Å²) < 4.78 is 13.6. The number of unbranched alkanes of at least 4 members (excludes halogenated alkanes) is 6. The molecule has 1 aliphatic rings. The first kappa shape index (κ1) is 23.4. The number of hydrogen-bond acceptors (Lipinski definition) is 2. The molecule has 0 bridgehead atoms. The van der Waals surface area contributed by atoms with Gasteiger partial charge in [-0.2, -0.15) is 0 Å². The number of rotatable bonds is 12. The van der Waals surface area contributed by atoms with Crippen molar-refractivity contribution in [2.45, 2.75) is 89.9 Å². The molecular weight excluding hydrogens is 354 g/mol. The van der Waals surface area contributed by atoms with Crippen LogP contribution < -0.4 is 17.0 Å². The van der Waals surface area contributed by atoms with Gasteiger partial charge < -0.3 is 30.9 Å². The highest BCUT2D eigenvalue weighted by atomic mass is 79.9. The highest BCUT2D eigenvalue weighted by Gasteiger charge is 2.42. The summed E-state index contributed by atoms with van der Waals surface area (Å²) in [5, 5.41) is 0. The highest BCUT2D eigenvalue weighted by Crippen LogP contribution is 2.35. The van der Waals surface area contributed by atoms with Gasteiger partial charge >= 0.3 is 0 Å². The Morgan fingerprint density at radius 2 is 1.39 bits per heavy atom. The van der Waals surface area contributed by atoms with Crippen molar-refractivity contribution in [1.29, 1.82) is 0 Å². The third kappa shape index (κ3) is 10.1. The van der Waals surface area contributed by atoms with Crippen LogP contribution in [-0.2, 0) is 9.47 Å². The number of hydrogen-bond donors (Lipinski definition) is 0. The zero-order valence-electron chi connectivity index (χ0n) is 16.2. The van der Waals surface area contributed by atoms with Crippen molar-refractivity contribution >= 4 is 0 Å². The summed E-state index contributed by atoms with van der Waals surface area (Å²) >= 11 is 0. The van der Waals surface area contributed by atoms with Crippen LogP contribution in [0.15, 0.2) is 0 Å². The molecule has 3 nitrogen and oxygen atoms in total. The molecule has 4 heteroatoms. The molecular formula is C19H40BrNO2. The third-order valence-electron chi connectivity index (χ3n) is 4.49. The molecule has 1 atom stereocenters. The fraction of sp³-hybridized carbons (Fsp3) is 1.00. The van der Waals surface area contributed by atoms with E-state index in [9.17, 15) is 0 Å². The van der Waals surface area contributed by atoms with Gasteiger partial charge in [-0.15, -0.1) is 0 Å². The molecule has 0 radical (unpaired) electrons. The van der Waals surface area contributed by atoms with Crippen LogP contribution in [0, 0.1) is 0 Å². The Morgan fingerprint density at radius 1 is 0.870 bits per heavy atom. The second-order valence-electron chi connectivity index (χ2n) is 8.06. The van der Waals surface area contributed by atoms with E-state index >= 15 is 0 Å². The maximum atomic E-state index is 6.45. The van der Waals surface area contributed by atoms with E-state index in [1.54, 1.807) is 0 Å². The van der Waals surface area contributed by atoms with Crippen LogP contribution in [0.5, 0.6) is 0 Å². The second kappa shape index (κ2) is 11.8. The minimum absolute atomic E-state index is 0. The molecule has 0 aromatic carbocycles. The molecule has 23 heavy (non-hydrogen) atoms. The molecule has 0 spiro atoms. The molecule has 1 rings (SSSR count). The van der Waals surface area contributed by atoms with Crippen molar-refractivity contribution in [3.05, 3.63) is 0 Å². The minimum atomic E-state index is -0.276. The monoisotopic (exact) mass is 393 g/mol. The van der Waals surface area contributed by atoms with Gasteiger partial charge in [0.2, 0.25) is 0 Å². The van der Waals surface area contributed by atoms with E-state index in [0.29, 0.717) is 0 Å². The molecule has 0 aromatic heterocycles. The Balaban J connectivity index is 0.00000484. The van der Waals surface area contributed by atoms with Gasteiger partial charge in [-0.05, 0) is 12.8 Å². The van der Waals surface area contributed by atoms with Crippen molar-refractivity contribution in [3.63, 3.8) is 0 Å². The van der Waals surface area contributed by atoms with Gasteiger partial charge in [0.1, 0.15) is 12.6 Å². The maximum Gasteiger partial charge on any atom is 0.169 e. The number of quaternary nitrogens is 1. The van der Waals surface area contributed by atoms with Crippen LogP contribution in [0.2, 0.25) is 0 Å². The first-order chi connectivity index (χ1) is 10.4. The molecule has 0 N–H and O–H groups in total. The van der Waals surface area contributed by atoms with Crippen LogP contribution in [0.1, 0.15) is 78.1 Å². The average molecular weight is 394 g/mol. The lowest BCUT2D eigenvalue weighted by Crippen LogP contribution is -3.00. The van der Waals surface area contributed by atoms with Crippen molar-refractivity contribution in [2.24, 2.45) is 0 Å². The van der Waals surface area contributed by atoms with Crippen molar-refractivity contribution in [2.75, 3.05) is 34.3 Å². The fourth-order valence-corrected chi connectivity index (χ4v) is 3.35. The summed E-state index contributed by atoms with van der Waals surface area (Å²) in [6.45, 7) is 6.34. The minimum Gasteiger partial charge on any atom is -1.00 e. The van der Waals surface area contributed by atoms with E-state index in [1.165, 1.54) is 51.4 Å². The Bertz CT molecular complexity index is 280. The van der Waals surface area contributed by atoms with E-state index in [2.05, 4.69) is 35.0 Å². The van der Waals surface area contributed by atoms with Crippen molar-refractivity contribution < 1.29 is 30.9 Å². The summed E-state index contributed by atoms with van der Waals surface area (Å²) in [6, 6.07) is 0. The SMILES string of the molecule is CCCCCCC1(CCCCCC)OCC(C[N+](C)(C)C)O1.[Br-]. The van der Waals surface area contributed by atoms with Gasteiger partial charge in [-0.1, -0.05) is 52.4 Å². The van der Waals surface area contributed by atoms with Gasteiger partial charge in [0.25, 0.3) is 0 Å². The van der Waals surface area contributed by atoms with Gasteiger partial charge in [-0.3, -0.25) is 0 Å². The summed E-state index contributed by atoms with van der Waals surface area (Å²) in [6.07, 6.45) is 12.7. The lowest BCUT2D eigenvalue weighted by molar-refractivity contribution is -0.873. The van der Waals surface area contributed by atoms with Crippen LogP contribution in [0.4, 0.5) is 0 Å². The normalized spacial score (nSPS) is 20.5. The quantitative estimate of drug-likeness (QED) is 0.371. The Labute approximate surface area is 155 Å². The van der Waals surface area contributed by atoms with E-state index in [1.807, 2.05) is 0 Å². The fourth-order valence-electron chi connectivity index (χ4n) is 3.35. The largest absolute Gasteiger partial charge is 1.00 e. The third-order valence-corrected chi connectivity index (χ3v) is 4.49. The van der Waals surface area contributed by atoms with Crippen LogP contribution in [0.25, 0.3) is 0 Å². The molecule has 140 valence electrons. The zero-order valence-corrected chi connectivity index (χ0v) is 17.8. The number of likely N-dealkylation sites (N-methyl/N-ethyl adjacent to an activating group) is 1. The summed E-state index contributed by atoms with van der Waals surface area (Å²) in [4.78, 5) is 0. The first-order valence-electron chi connectivity index (χ1n) is 9.53. The molecule has 0 aromatic rings. The topological polar surface area (TPSA) is 18.5 Å². The standard InChI is InChI=1S/C19H40NO2.BrH/c1-6-8-10-12-14-19(15-13-11-9-7-2)21-17-18(22-19)16-20(3,4)5;/h18H,6-17H2,1-5H3;1H/q+1;/p-1. The van der Waals surface area contributed by atoms with Gasteiger partial charge in [0.15, 0.2) is 5.79 Å². The Morgan fingerprint density at radius 3 is 1.83 bits per heavy atom. The van der Waals surface area contributed by atoms with Crippen molar-refractivity contribution in [3.8, 4) is 0 Å². The van der Waals surface area contributed by atoms with E-state index in [0.717, 1.165) is 30.5 Å². The molecule has 0 aliphatic carbocycles. The lowest BCUT2D eigenvalue weighted by Gasteiger charge is -2.30. The molecule has 0 saturated carbocycles. The van der Waals surface area contributed by atoms with Gasteiger partial charge in [0, 0.05) is 12.8 Å². The predicted octanol–water partition coefficient (Wildman–Crippen LogP) is 1.75. The molecule has 1 fully saturated rings. The van der Waals surface area contributed by atoms with Gasteiger partial charge in [0.05, 0.1) is 27.7 Å². The number of nitrogens with zero attached hydrogens (tertiary/aromatic N) is 1. The summed E-state index contributed by atoms with van der Waals surface area (Å²) in [5.41, 5.74) is 0. The molecule has 1 heterocycles. The number of halogens is 1. The van der Waals surface area contributed by atoms with Gasteiger partial charge in [-0.25, -0.2) is 0 Å². The first-order valence-corrected chi connectivity index (χ1v) is 9.53. The Kier molecular flexibility index (Phi) is 12.0. The summed E-state index contributed by atoms with van der Waals surface area (Å²) in [7, 11) is 6.68. The molecule has 0 amide bonds. The predicted molar refractivity (Wildman–Crippen MR) is 94.0 cm³/mol. The van der Waals surface area contributed by atoms with Crippen LogP contribution in [-0.4, -0.2) is 50.7 Å². The van der Waals surface area contributed by atoms with Crippen LogP contribution >= 0.6 is 0 Å². The molecule has 1 unspecified atom stereocenters. The Hall–Kier alpha value is 0.360. The lowest BCUT2D eigenvalue weighted by atomic mass is 10.00. The summed E-state index contributed by atoms with van der Waals surface area (Å²) in [5.74, 6) is -0.276. The van der Waals surface area contributed by atoms with E-state index in [4.69, 9.17) is 9.47 Å². The average Bonchev–Trinajstić information content (AvgIpc) is 2.81. The molecule has 1 aliphatic heterocycles.